The van der Waals surface area contributed by atoms with Gasteiger partial charge in [0.05, 0.1) is 18.3 Å². The number of nitrogens with zero attached hydrogens (tertiary/aromatic N) is 1. The van der Waals surface area contributed by atoms with E-state index < -0.39 is 23.8 Å². The van der Waals surface area contributed by atoms with E-state index in [0.29, 0.717) is 0 Å². The van der Waals surface area contributed by atoms with Gasteiger partial charge in [-0.05, 0) is 51.7 Å². The maximum atomic E-state index is 12.5. The first kappa shape index (κ1) is 25.1. The molecule has 29 heavy (non-hydrogen) atoms. The van der Waals surface area contributed by atoms with E-state index in [0.717, 1.165) is 12.8 Å². The molecule has 1 aromatic rings. The molecule has 11 heteroatoms. The Labute approximate surface area is 184 Å². The minimum Gasteiger partial charge on any atom is -0.444 e. The van der Waals surface area contributed by atoms with Crippen LogP contribution in [0.4, 0.5) is 23.7 Å². The minimum absolute atomic E-state index is 0. The second-order valence-electron chi connectivity index (χ2n) is 7.49. The van der Waals surface area contributed by atoms with Crippen molar-refractivity contribution < 1.29 is 27.4 Å². The van der Waals surface area contributed by atoms with Crippen LogP contribution in [0.2, 0.25) is 0 Å². The normalized spacial score (nSPS) is 15.7. The van der Waals surface area contributed by atoms with Crippen LogP contribution < -0.4 is 21.1 Å². The lowest BCUT2D eigenvalue weighted by molar-refractivity contribution is -0.274. The smallest absolute Gasteiger partial charge is 0.444 e. The molecule has 1 aliphatic carbocycles. The number of rotatable bonds is 6. The first-order valence-corrected chi connectivity index (χ1v) is 8.84. The number of anilines is 1. The number of guanidine groups is 1. The molecule has 4 N–H and O–H groups in total. The van der Waals surface area contributed by atoms with Gasteiger partial charge < -0.3 is 25.8 Å². The van der Waals surface area contributed by atoms with Gasteiger partial charge in [-0.1, -0.05) is 12.1 Å². The van der Waals surface area contributed by atoms with E-state index in [-0.39, 0.29) is 54.1 Å². The maximum absolute atomic E-state index is 12.5. The zero-order valence-corrected chi connectivity index (χ0v) is 18.7. The van der Waals surface area contributed by atoms with Crippen LogP contribution in [-0.4, -0.2) is 36.6 Å². The molecule has 0 aromatic heterocycles. The van der Waals surface area contributed by atoms with E-state index in [9.17, 15) is 18.0 Å². The molecule has 0 heterocycles. The van der Waals surface area contributed by atoms with Crippen LogP contribution in [0.1, 0.15) is 33.6 Å². The number of nitrogens with two attached hydrogens (primary N) is 1. The standard InChI is InChI=1S/C18H25F3N4O3.HI/c1-17(2,3)28-16(26)25-13(11-8-9-11)10-23-15(22)24-12-6-4-5-7-14(12)27-18(19,20)21;/h4-7,11,13H,8-10H2,1-3H3,(H,25,26)(H3,22,23,24);1H. The molecule has 0 saturated heterocycles. The first-order valence-electron chi connectivity index (χ1n) is 8.84. The molecule has 2 rings (SSSR count). The minimum atomic E-state index is -4.82. The summed E-state index contributed by atoms with van der Waals surface area (Å²) in [4.78, 5) is 16.1. The number of hydrogen-bond acceptors (Lipinski definition) is 4. The fourth-order valence-corrected chi connectivity index (χ4v) is 2.43. The average molecular weight is 530 g/mol. The number of amides is 1. The van der Waals surface area contributed by atoms with Crippen molar-refractivity contribution in [2.75, 3.05) is 11.9 Å². The van der Waals surface area contributed by atoms with Crippen molar-refractivity contribution in [2.45, 2.75) is 51.6 Å². The summed E-state index contributed by atoms with van der Waals surface area (Å²) in [6.45, 7) is 5.46. The zero-order chi connectivity index (χ0) is 20.9. The predicted octanol–water partition coefficient (Wildman–Crippen LogP) is 4.23. The molecule has 1 atom stereocenters. The number of para-hydroxylation sites is 2. The van der Waals surface area contributed by atoms with E-state index in [1.807, 2.05) is 0 Å². The molecule has 7 nitrogen and oxygen atoms in total. The number of halogens is 4. The number of benzene rings is 1. The molecule has 0 bridgehead atoms. The Morgan fingerprint density at radius 3 is 2.45 bits per heavy atom. The summed E-state index contributed by atoms with van der Waals surface area (Å²) in [7, 11) is 0. The van der Waals surface area contributed by atoms with Crippen molar-refractivity contribution in [1.82, 2.24) is 5.32 Å². The summed E-state index contributed by atoms with van der Waals surface area (Å²) in [5, 5.41) is 5.37. The highest BCUT2D eigenvalue weighted by molar-refractivity contribution is 14.0. The third-order valence-electron chi connectivity index (χ3n) is 3.73. The summed E-state index contributed by atoms with van der Waals surface area (Å²) in [6, 6.07) is 5.24. The average Bonchev–Trinajstić information content (AvgIpc) is 3.35. The van der Waals surface area contributed by atoms with E-state index in [4.69, 9.17) is 10.5 Å². The van der Waals surface area contributed by atoms with Crippen molar-refractivity contribution in [2.24, 2.45) is 16.6 Å². The van der Waals surface area contributed by atoms with Crippen LogP contribution in [-0.2, 0) is 4.74 Å². The number of alkyl halides is 3. The topological polar surface area (TPSA) is 98.0 Å². The molecular formula is C18H26F3IN4O3. The van der Waals surface area contributed by atoms with Crippen LogP contribution in [0.25, 0.3) is 0 Å². The predicted molar refractivity (Wildman–Crippen MR) is 115 cm³/mol. The molecule has 1 unspecified atom stereocenters. The van der Waals surface area contributed by atoms with Crippen molar-refractivity contribution in [1.29, 1.82) is 0 Å². The van der Waals surface area contributed by atoms with Gasteiger partial charge in [0.2, 0.25) is 0 Å². The molecule has 164 valence electrons. The third-order valence-corrected chi connectivity index (χ3v) is 3.73. The fourth-order valence-electron chi connectivity index (χ4n) is 2.43. The van der Waals surface area contributed by atoms with Gasteiger partial charge in [-0.2, -0.15) is 0 Å². The van der Waals surface area contributed by atoms with Crippen molar-refractivity contribution in [3.8, 4) is 5.75 Å². The van der Waals surface area contributed by atoms with Gasteiger partial charge in [0.25, 0.3) is 0 Å². The van der Waals surface area contributed by atoms with E-state index >= 15 is 0 Å². The Bertz CT molecular complexity index is 719. The summed E-state index contributed by atoms with van der Waals surface area (Å²) in [5.41, 5.74) is 5.21. The van der Waals surface area contributed by atoms with Gasteiger partial charge in [-0.15, -0.1) is 37.1 Å². The van der Waals surface area contributed by atoms with Crippen molar-refractivity contribution in [3.05, 3.63) is 24.3 Å². The Hall–Kier alpha value is -1.92. The zero-order valence-electron chi connectivity index (χ0n) is 16.4. The number of hydrogen-bond donors (Lipinski definition) is 3. The highest BCUT2D eigenvalue weighted by Gasteiger charge is 2.34. The van der Waals surface area contributed by atoms with Gasteiger partial charge >= 0.3 is 12.5 Å². The molecule has 1 amide bonds. The fraction of sp³-hybridized carbons (Fsp3) is 0.556. The van der Waals surface area contributed by atoms with Crippen LogP contribution in [0, 0.1) is 5.92 Å². The second kappa shape index (κ2) is 10.2. The lowest BCUT2D eigenvalue weighted by atomic mass is 10.2. The number of aliphatic imine (C=N–C) groups is 1. The molecule has 0 radical (unpaired) electrons. The Kier molecular flexibility index (Phi) is 8.84. The lowest BCUT2D eigenvalue weighted by Crippen LogP contribution is -2.42. The highest BCUT2D eigenvalue weighted by Crippen LogP contribution is 2.33. The van der Waals surface area contributed by atoms with Crippen molar-refractivity contribution >= 4 is 41.7 Å². The Balaban J connectivity index is 0.00000420. The Morgan fingerprint density at radius 2 is 1.90 bits per heavy atom. The van der Waals surface area contributed by atoms with E-state index in [1.165, 1.54) is 24.3 Å². The molecule has 1 fully saturated rings. The van der Waals surface area contributed by atoms with Gasteiger partial charge in [-0.25, -0.2) is 4.79 Å². The number of carbonyl (C=O) groups excluding carboxylic acids is 1. The van der Waals surface area contributed by atoms with Crippen molar-refractivity contribution in [3.63, 3.8) is 0 Å². The SMILES string of the molecule is CC(C)(C)OC(=O)NC(CN=C(N)Nc1ccccc1OC(F)(F)F)C1CC1.I. The van der Waals surface area contributed by atoms with Gasteiger partial charge in [-0.3, -0.25) is 4.99 Å². The van der Waals surface area contributed by atoms with Crippen LogP contribution >= 0.6 is 24.0 Å². The molecule has 0 aliphatic heterocycles. The van der Waals surface area contributed by atoms with Crippen LogP contribution in [0.15, 0.2) is 29.3 Å². The summed E-state index contributed by atoms with van der Waals surface area (Å²) in [5.74, 6) is -0.237. The quantitative estimate of drug-likeness (QED) is 0.291. The van der Waals surface area contributed by atoms with Crippen LogP contribution in [0.5, 0.6) is 5.75 Å². The highest BCUT2D eigenvalue weighted by atomic mass is 127. The largest absolute Gasteiger partial charge is 0.573 e. The van der Waals surface area contributed by atoms with E-state index in [1.54, 1.807) is 20.8 Å². The lowest BCUT2D eigenvalue weighted by Gasteiger charge is -2.23. The molecule has 1 aromatic carbocycles. The second-order valence-corrected chi connectivity index (χ2v) is 7.49. The van der Waals surface area contributed by atoms with E-state index in [2.05, 4.69) is 20.4 Å². The number of carbonyl (C=O) groups is 1. The molecule has 1 saturated carbocycles. The molecule has 1 aliphatic rings. The third kappa shape index (κ3) is 9.90. The first-order chi connectivity index (χ1) is 12.9. The monoisotopic (exact) mass is 530 g/mol. The summed E-state index contributed by atoms with van der Waals surface area (Å²) < 4.78 is 46.7. The Morgan fingerprint density at radius 1 is 1.28 bits per heavy atom. The summed E-state index contributed by atoms with van der Waals surface area (Å²) in [6.07, 6.45) is -3.47. The molecule has 0 spiro atoms. The molecular weight excluding hydrogens is 504 g/mol. The number of nitrogens with one attached hydrogen (secondary N) is 2. The van der Waals surface area contributed by atoms with Gasteiger partial charge in [0, 0.05) is 0 Å². The number of alkyl carbamates (subject to hydrolysis) is 1. The van der Waals surface area contributed by atoms with Crippen LogP contribution in [0.3, 0.4) is 0 Å². The summed E-state index contributed by atoms with van der Waals surface area (Å²) >= 11 is 0. The van der Waals surface area contributed by atoms with Gasteiger partial charge in [0.1, 0.15) is 5.60 Å². The van der Waals surface area contributed by atoms with Gasteiger partial charge in [0.15, 0.2) is 11.7 Å². The number of ether oxygens (including phenoxy) is 2. The maximum Gasteiger partial charge on any atom is 0.573 e.